The lowest BCUT2D eigenvalue weighted by Gasteiger charge is -2.36. The third-order valence-corrected chi connectivity index (χ3v) is 8.26. The molecule has 6 nitrogen and oxygen atoms in total. The van der Waals surface area contributed by atoms with Crippen molar-refractivity contribution in [1.82, 2.24) is 0 Å². The van der Waals surface area contributed by atoms with Gasteiger partial charge in [-0.25, -0.2) is 0 Å². The molecule has 37 heavy (non-hydrogen) atoms. The predicted molar refractivity (Wildman–Crippen MR) is 147 cm³/mol. The van der Waals surface area contributed by atoms with E-state index >= 15 is 0 Å². The standard InChI is InChI=1S/C29H27Br2NO5/c1-15-6-3-7-20(16(15)2)32-25(35)14-36-29-18(12-17(30)13-19(29)31)26-27-21(33)8-4-10-23(27)37-24-11-5-9-22(34)28(24)26/h3,6-7,12-13,26H,4-5,8-11,14H2,1-2H3,(H,32,35). The van der Waals surface area contributed by atoms with Crippen molar-refractivity contribution in [3.8, 4) is 5.75 Å². The van der Waals surface area contributed by atoms with Gasteiger partial charge in [-0.1, -0.05) is 28.1 Å². The molecule has 0 fully saturated rings. The lowest BCUT2D eigenvalue weighted by molar-refractivity contribution is -0.119. The summed E-state index contributed by atoms with van der Waals surface area (Å²) in [7, 11) is 0. The van der Waals surface area contributed by atoms with Crippen LogP contribution in [0.4, 0.5) is 5.69 Å². The van der Waals surface area contributed by atoms with Gasteiger partial charge in [0.05, 0.1) is 10.4 Å². The van der Waals surface area contributed by atoms with Gasteiger partial charge in [0.1, 0.15) is 17.3 Å². The number of amides is 1. The number of rotatable bonds is 5. The molecule has 0 aromatic heterocycles. The van der Waals surface area contributed by atoms with Crippen LogP contribution >= 0.6 is 31.9 Å². The minimum Gasteiger partial charge on any atom is -0.482 e. The molecule has 2 aromatic carbocycles. The van der Waals surface area contributed by atoms with Crippen LogP contribution in [0.3, 0.4) is 0 Å². The van der Waals surface area contributed by atoms with Crippen molar-refractivity contribution < 1.29 is 23.9 Å². The molecule has 1 N–H and O–H groups in total. The molecule has 0 unspecified atom stereocenters. The molecule has 0 spiro atoms. The Balaban J connectivity index is 1.52. The van der Waals surface area contributed by atoms with E-state index in [2.05, 4.69) is 37.2 Å². The number of aryl methyl sites for hydroxylation is 1. The minimum absolute atomic E-state index is 0.00844. The number of hydrogen-bond acceptors (Lipinski definition) is 5. The average Bonchev–Trinajstić information content (AvgIpc) is 2.85. The molecule has 0 saturated heterocycles. The topological polar surface area (TPSA) is 81.7 Å². The third-order valence-electron chi connectivity index (χ3n) is 7.22. The summed E-state index contributed by atoms with van der Waals surface area (Å²) in [6.45, 7) is 3.72. The molecule has 0 saturated carbocycles. The zero-order valence-corrected chi connectivity index (χ0v) is 23.9. The zero-order chi connectivity index (χ0) is 26.3. The van der Waals surface area contributed by atoms with Crippen LogP contribution in [0.5, 0.6) is 5.75 Å². The Morgan fingerprint density at radius 1 is 1.00 bits per heavy atom. The van der Waals surface area contributed by atoms with Crippen molar-refractivity contribution in [2.24, 2.45) is 0 Å². The zero-order valence-electron chi connectivity index (χ0n) is 20.7. The van der Waals surface area contributed by atoms with Crippen molar-refractivity contribution in [2.75, 3.05) is 11.9 Å². The summed E-state index contributed by atoms with van der Waals surface area (Å²) >= 11 is 7.15. The van der Waals surface area contributed by atoms with Gasteiger partial charge in [-0.15, -0.1) is 0 Å². The monoisotopic (exact) mass is 627 g/mol. The van der Waals surface area contributed by atoms with Gasteiger partial charge in [-0.05, 0) is 71.9 Å². The highest BCUT2D eigenvalue weighted by atomic mass is 79.9. The fourth-order valence-electron chi connectivity index (χ4n) is 5.29. The molecule has 1 heterocycles. The van der Waals surface area contributed by atoms with Gasteiger partial charge in [0.2, 0.25) is 0 Å². The van der Waals surface area contributed by atoms with Crippen LogP contribution in [0.15, 0.2) is 61.9 Å². The number of anilines is 1. The van der Waals surface area contributed by atoms with Gasteiger partial charge in [-0.3, -0.25) is 14.4 Å². The van der Waals surface area contributed by atoms with Crippen molar-refractivity contribution in [2.45, 2.75) is 58.3 Å². The van der Waals surface area contributed by atoms with Gasteiger partial charge in [0.25, 0.3) is 5.91 Å². The Hall–Kier alpha value is -2.71. The lowest BCUT2D eigenvalue weighted by Crippen LogP contribution is -2.31. The molecule has 0 bridgehead atoms. The number of hydrogen-bond donors (Lipinski definition) is 1. The fourth-order valence-corrected chi connectivity index (χ4v) is 6.66. The van der Waals surface area contributed by atoms with Crippen LogP contribution in [0, 0.1) is 13.8 Å². The summed E-state index contributed by atoms with van der Waals surface area (Å²) in [5, 5.41) is 2.92. The number of carbonyl (C=O) groups excluding carboxylic acids is 3. The smallest absolute Gasteiger partial charge is 0.262 e. The molecular formula is C29H27Br2NO5. The van der Waals surface area contributed by atoms with E-state index in [4.69, 9.17) is 9.47 Å². The molecule has 8 heteroatoms. The second-order valence-electron chi connectivity index (χ2n) is 9.65. The number of carbonyl (C=O) groups is 3. The van der Waals surface area contributed by atoms with Crippen LogP contribution in [0.2, 0.25) is 0 Å². The van der Waals surface area contributed by atoms with E-state index in [9.17, 15) is 14.4 Å². The number of halogens is 2. The normalized spacial score (nSPS) is 17.8. The van der Waals surface area contributed by atoms with Crippen LogP contribution < -0.4 is 10.1 Å². The van der Waals surface area contributed by atoms with E-state index in [-0.39, 0.29) is 24.1 Å². The number of Topliss-reactive ketones (excluding diaryl/α,β-unsaturated/α-hetero) is 2. The molecule has 2 aliphatic carbocycles. The van der Waals surface area contributed by atoms with E-state index in [1.165, 1.54) is 0 Å². The maximum Gasteiger partial charge on any atom is 0.262 e. The fraction of sp³-hybridized carbons (Fsp3) is 0.345. The quantitative estimate of drug-likeness (QED) is 0.387. The largest absolute Gasteiger partial charge is 0.482 e. The first-order valence-electron chi connectivity index (χ1n) is 12.4. The van der Waals surface area contributed by atoms with E-state index < -0.39 is 5.92 Å². The summed E-state index contributed by atoms with van der Waals surface area (Å²) in [6, 6.07) is 9.45. The van der Waals surface area contributed by atoms with Crippen LogP contribution in [-0.2, 0) is 19.1 Å². The summed E-state index contributed by atoms with van der Waals surface area (Å²) in [6.07, 6.45) is 3.60. The maximum atomic E-state index is 13.2. The highest BCUT2D eigenvalue weighted by Crippen LogP contribution is 2.51. The molecule has 1 amide bonds. The van der Waals surface area contributed by atoms with Crippen LogP contribution in [0.25, 0.3) is 0 Å². The van der Waals surface area contributed by atoms with Gasteiger partial charge in [-0.2, -0.15) is 0 Å². The third kappa shape index (κ3) is 5.06. The Labute approximate surface area is 232 Å². The van der Waals surface area contributed by atoms with Gasteiger partial charge < -0.3 is 14.8 Å². The first kappa shape index (κ1) is 25.9. The lowest BCUT2D eigenvalue weighted by atomic mass is 9.73. The van der Waals surface area contributed by atoms with Gasteiger partial charge in [0.15, 0.2) is 18.2 Å². The highest BCUT2D eigenvalue weighted by Gasteiger charge is 2.43. The molecule has 5 rings (SSSR count). The molecule has 0 atom stereocenters. The average molecular weight is 629 g/mol. The minimum atomic E-state index is -0.592. The molecular weight excluding hydrogens is 602 g/mol. The van der Waals surface area contributed by atoms with Crippen molar-refractivity contribution in [1.29, 1.82) is 0 Å². The Bertz CT molecular complexity index is 1350. The number of ketones is 2. The molecule has 192 valence electrons. The Morgan fingerprint density at radius 2 is 1.65 bits per heavy atom. The Kier molecular flexibility index (Phi) is 7.41. The first-order valence-corrected chi connectivity index (χ1v) is 14.0. The summed E-state index contributed by atoms with van der Waals surface area (Å²) in [5.41, 5.74) is 4.55. The predicted octanol–water partition coefficient (Wildman–Crippen LogP) is 6.97. The SMILES string of the molecule is Cc1cccc(NC(=O)COc2c(Br)cc(Br)cc2C2C3=C(CCCC3=O)OC3=C2C(=O)CCC3)c1C. The van der Waals surface area contributed by atoms with Gasteiger partial charge in [0, 0.05) is 52.6 Å². The van der Waals surface area contributed by atoms with Gasteiger partial charge >= 0.3 is 0 Å². The highest BCUT2D eigenvalue weighted by molar-refractivity contribution is 9.11. The second kappa shape index (κ2) is 10.6. The van der Waals surface area contributed by atoms with E-state index in [1.807, 2.05) is 44.2 Å². The maximum absolute atomic E-state index is 13.2. The second-order valence-corrected chi connectivity index (χ2v) is 11.4. The first-order chi connectivity index (χ1) is 17.7. The molecule has 0 radical (unpaired) electrons. The molecule has 1 aliphatic heterocycles. The molecule has 3 aliphatic rings. The Morgan fingerprint density at radius 3 is 2.30 bits per heavy atom. The summed E-state index contributed by atoms with van der Waals surface area (Å²) < 4.78 is 13.7. The van der Waals surface area contributed by atoms with Crippen molar-refractivity contribution in [3.63, 3.8) is 0 Å². The van der Waals surface area contributed by atoms with Crippen molar-refractivity contribution in [3.05, 3.63) is 78.6 Å². The van der Waals surface area contributed by atoms with Crippen LogP contribution in [0.1, 0.15) is 61.1 Å². The number of ether oxygens (including phenoxy) is 2. The number of benzene rings is 2. The van der Waals surface area contributed by atoms with E-state index in [0.29, 0.717) is 64.1 Å². The van der Waals surface area contributed by atoms with E-state index in [0.717, 1.165) is 34.1 Å². The number of nitrogens with one attached hydrogen (secondary N) is 1. The van der Waals surface area contributed by atoms with E-state index in [1.54, 1.807) is 0 Å². The van der Waals surface area contributed by atoms with Crippen LogP contribution in [-0.4, -0.2) is 24.1 Å². The summed E-state index contributed by atoms with van der Waals surface area (Å²) in [5.74, 6) is 0.834. The number of allylic oxidation sites excluding steroid dienone is 4. The summed E-state index contributed by atoms with van der Waals surface area (Å²) in [4.78, 5) is 39.3. The van der Waals surface area contributed by atoms with Crippen molar-refractivity contribution >= 4 is 55.0 Å². The molecule has 2 aromatic rings.